The number of ether oxygens (including phenoxy) is 2. The maximum atomic E-state index is 12.7. The van der Waals surface area contributed by atoms with Crippen LogP contribution in [0.5, 0.6) is 11.5 Å². The van der Waals surface area contributed by atoms with Gasteiger partial charge in [0.2, 0.25) is 0 Å². The number of hydrazine groups is 1. The predicted octanol–water partition coefficient (Wildman–Crippen LogP) is 2.05. The van der Waals surface area contributed by atoms with Crippen molar-refractivity contribution in [2.75, 3.05) is 13.7 Å². The number of aryl methyl sites for hydroxylation is 1. The second kappa shape index (κ2) is 8.64. The minimum atomic E-state index is -1.09. The molecule has 1 aliphatic rings. The minimum absolute atomic E-state index is 0.343. The number of carbonyl (C=O) groups excluding carboxylic acids is 3. The molecule has 2 aromatic rings. The van der Waals surface area contributed by atoms with E-state index in [0.29, 0.717) is 29.3 Å². The first-order valence-electron chi connectivity index (χ1n) is 9.18. The highest BCUT2D eigenvalue weighted by Crippen LogP contribution is 2.22. The maximum Gasteiger partial charge on any atom is 0.344 e. The highest BCUT2D eigenvalue weighted by atomic mass is 16.5. The highest BCUT2D eigenvalue weighted by molar-refractivity contribution is 6.07. The van der Waals surface area contributed by atoms with Crippen LogP contribution in [-0.2, 0) is 16.0 Å². The fraction of sp³-hybridized carbons (Fsp3) is 0.286. The molecule has 152 valence electrons. The zero-order valence-electron chi connectivity index (χ0n) is 16.3. The van der Waals surface area contributed by atoms with Gasteiger partial charge in [-0.3, -0.25) is 15.0 Å². The van der Waals surface area contributed by atoms with E-state index in [-0.39, 0.29) is 6.61 Å². The van der Waals surface area contributed by atoms with Gasteiger partial charge in [-0.25, -0.2) is 4.79 Å². The third kappa shape index (κ3) is 4.84. The molecule has 8 nitrogen and oxygen atoms in total. The van der Waals surface area contributed by atoms with Crippen molar-refractivity contribution >= 4 is 17.8 Å². The van der Waals surface area contributed by atoms with Crippen molar-refractivity contribution in [3.63, 3.8) is 0 Å². The molecule has 1 atom stereocenters. The summed E-state index contributed by atoms with van der Waals surface area (Å²) in [6.07, 6.45) is 1.03. The molecule has 29 heavy (non-hydrogen) atoms. The molecule has 0 saturated carbocycles. The molecular formula is C21H23N3O5. The summed E-state index contributed by atoms with van der Waals surface area (Å²) >= 11 is 0. The van der Waals surface area contributed by atoms with E-state index in [0.717, 1.165) is 5.56 Å². The van der Waals surface area contributed by atoms with Gasteiger partial charge >= 0.3 is 6.03 Å². The normalized spacial score (nSPS) is 18.3. The minimum Gasteiger partial charge on any atom is -0.497 e. The van der Waals surface area contributed by atoms with Crippen LogP contribution in [-0.4, -0.2) is 42.1 Å². The van der Waals surface area contributed by atoms with Crippen molar-refractivity contribution in [2.24, 2.45) is 0 Å². The van der Waals surface area contributed by atoms with Crippen LogP contribution in [0.1, 0.15) is 18.9 Å². The van der Waals surface area contributed by atoms with E-state index in [9.17, 15) is 14.4 Å². The van der Waals surface area contributed by atoms with Gasteiger partial charge in [-0.05, 0) is 49.6 Å². The number of nitrogens with zero attached hydrogens (tertiary/aromatic N) is 1. The molecule has 1 heterocycles. The lowest BCUT2D eigenvalue weighted by Gasteiger charge is -2.21. The van der Waals surface area contributed by atoms with E-state index < -0.39 is 23.4 Å². The van der Waals surface area contributed by atoms with Crippen LogP contribution in [0.15, 0.2) is 54.6 Å². The van der Waals surface area contributed by atoms with Gasteiger partial charge in [-0.2, -0.15) is 5.01 Å². The number of nitrogens with one attached hydrogen (secondary N) is 2. The summed E-state index contributed by atoms with van der Waals surface area (Å²) in [7, 11) is 1.55. The number of urea groups is 1. The maximum absolute atomic E-state index is 12.7. The largest absolute Gasteiger partial charge is 0.497 e. The molecule has 0 radical (unpaired) electrons. The van der Waals surface area contributed by atoms with Crippen molar-refractivity contribution in [1.82, 2.24) is 15.8 Å². The fourth-order valence-electron chi connectivity index (χ4n) is 2.97. The SMILES string of the molecule is COc1ccc(OCC(=O)NN2C(=O)NC(C)(CCc3ccccc3)C2=O)cc1. The Hall–Kier alpha value is -3.55. The molecule has 1 saturated heterocycles. The summed E-state index contributed by atoms with van der Waals surface area (Å²) in [6, 6.07) is 15.7. The van der Waals surface area contributed by atoms with Gasteiger partial charge in [0.25, 0.3) is 11.8 Å². The Morgan fingerprint density at radius 3 is 2.38 bits per heavy atom. The summed E-state index contributed by atoms with van der Waals surface area (Å²) in [5.74, 6) is 0.00892. The van der Waals surface area contributed by atoms with E-state index in [2.05, 4.69) is 10.7 Å². The van der Waals surface area contributed by atoms with E-state index in [4.69, 9.17) is 9.47 Å². The number of benzene rings is 2. The zero-order chi connectivity index (χ0) is 20.9. The smallest absolute Gasteiger partial charge is 0.344 e. The van der Waals surface area contributed by atoms with Gasteiger partial charge in [0.1, 0.15) is 17.0 Å². The summed E-state index contributed by atoms with van der Waals surface area (Å²) in [5, 5.41) is 3.37. The molecule has 0 bridgehead atoms. The van der Waals surface area contributed by atoms with Crippen molar-refractivity contribution in [3.8, 4) is 11.5 Å². The Kier molecular flexibility index (Phi) is 6.01. The molecule has 1 fully saturated rings. The van der Waals surface area contributed by atoms with Crippen LogP contribution in [0.4, 0.5) is 4.79 Å². The summed E-state index contributed by atoms with van der Waals surface area (Å²) in [6.45, 7) is 1.31. The van der Waals surface area contributed by atoms with Crippen LogP contribution in [0.25, 0.3) is 0 Å². The molecule has 0 aromatic heterocycles. The van der Waals surface area contributed by atoms with Crippen molar-refractivity contribution < 1.29 is 23.9 Å². The topological polar surface area (TPSA) is 97.0 Å². The molecule has 0 spiro atoms. The first-order valence-corrected chi connectivity index (χ1v) is 9.18. The first-order chi connectivity index (χ1) is 13.9. The number of carbonyl (C=O) groups is 3. The lowest BCUT2D eigenvalue weighted by Crippen LogP contribution is -2.50. The monoisotopic (exact) mass is 397 g/mol. The predicted molar refractivity (Wildman–Crippen MR) is 105 cm³/mol. The number of hydrogen-bond acceptors (Lipinski definition) is 5. The molecule has 1 unspecified atom stereocenters. The Labute approximate surface area is 168 Å². The number of amides is 4. The van der Waals surface area contributed by atoms with Gasteiger partial charge in [0.15, 0.2) is 6.61 Å². The Balaban J connectivity index is 1.53. The Morgan fingerprint density at radius 1 is 1.07 bits per heavy atom. The number of imide groups is 1. The van der Waals surface area contributed by atoms with Gasteiger partial charge in [0.05, 0.1) is 7.11 Å². The third-order valence-corrected chi connectivity index (χ3v) is 4.68. The second-order valence-electron chi connectivity index (χ2n) is 6.89. The van der Waals surface area contributed by atoms with Crippen molar-refractivity contribution in [3.05, 3.63) is 60.2 Å². The first kappa shape index (κ1) is 20.2. The van der Waals surface area contributed by atoms with Crippen LogP contribution >= 0.6 is 0 Å². The van der Waals surface area contributed by atoms with Crippen LogP contribution in [0, 0.1) is 0 Å². The quantitative estimate of drug-likeness (QED) is 0.665. The van der Waals surface area contributed by atoms with Gasteiger partial charge < -0.3 is 14.8 Å². The van der Waals surface area contributed by atoms with Gasteiger partial charge in [0, 0.05) is 0 Å². The fourth-order valence-corrected chi connectivity index (χ4v) is 2.97. The number of hydrogen-bond donors (Lipinski definition) is 2. The Bertz CT molecular complexity index is 885. The van der Waals surface area contributed by atoms with E-state index >= 15 is 0 Å². The average Bonchev–Trinajstić information content (AvgIpc) is 2.95. The standard InChI is InChI=1S/C21H23N3O5/c1-21(13-12-15-6-4-3-5-7-15)19(26)24(20(27)22-21)23-18(25)14-29-17-10-8-16(28-2)9-11-17/h3-11H,12-14H2,1-2H3,(H,22,27)(H,23,25). The molecular weight excluding hydrogens is 374 g/mol. The number of rotatable bonds is 8. The molecule has 3 rings (SSSR count). The van der Waals surface area contributed by atoms with E-state index in [1.165, 1.54) is 0 Å². The van der Waals surface area contributed by atoms with Crippen molar-refractivity contribution in [1.29, 1.82) is 0 Å². The zero-order valence-corrected chi connectivity index (χ0v) is 16.3. The van der Waals surface area contributed by atoms with Crippen LogP contribution in [0.2, 0.25) is 0 Å². The summed E-state index contributed by atoms with van der Waals surface area (Å²) in [5.41, 5.74) is 2.28. The molecule has 4 amide bonds. The number of methoxy groups -OCH3 is 1. The summed E-state index contributed by atoms with van der Waals surface area (Å²) in [4.78, 5) is 37.1. The molecule has 1 aliphatic heterocycles. The summed E-state index contributed by atoms with van der Waals surface area (Å²) < 4.78 is 10.4. The third-order valence-electron chi connectivity index (χ3n) is 4.68. The lowest BCUT2D eigenvalue weighted by atomic mass is 9.93. The molecule has 2 aromatic carbocycles. The second-order valence-corrected chi connectivity index (χ2v) is 6.89. The molecule has 0 aliphatic carbocycles. The van der Waals surface area contributed by atoms with Crippen molar-refractivity contribution in [2.45, 2.75) is 25.3 Å². The van der Waals surface area contributed by atoms with Gasteiger partial charge in [-0.1, -0.05) is 30.3 Å². The molecule has 2 N–H and O–H groups in total. The van der Waals surface area contributed by atoms with E-state index in [1.54, 1.807) is 38.3 Å². The average molecular weight is 397 g/mol. The Morgan fingerprint density at radius 2 is 1.72 bits per heavy atom. The van der Waals surface area contributed by atoms with Crippen LogP contribution in [0.3, 0.4) is 0 Å². The van der Waals surface area contributed by atoms with Gasteiger partial charge in [-0.15, -0.1) is 0 Å². The lowest BCUT2D eigenvalue weighted by molar-refractivity contribution is -0.139. The van der Waals surface area contributed by atoms with E-state index in [1.807, 2.05) is 30.3 Å². The van der Waals surface area contributed by atoms with Crippen LogP contribution < -0.4 is 20.2 Å². The molecule has 8 heteroatoms. The highest BCUT2D eigenvalue weighted by Gasteiger charge is 2.48.